The van der Waals surface area contributed by atoms with E-state index in [9.17, 15) is 4.79 Å². The molecule has 2 heterocycles. The number of methoxy groups -OCH3 is 1. The van der Waals surface area contributed by atoms with E-state index < -0.39 is 0 Å². The molecule has 132 valence electrons. The van der Waals surface area contributed by atoms with Crippen molar-refractivity contribution in [1.82, 2.24) is 14.9 Å². The van der Waals surface area contributed by atoms with Crippen LogP contribution in [0.2, 0.25) is 5.02 Å². The largest absolute Gasteiger partial charge is 0.495 e. The topological polar surface area (TPSA) is 70.6 Å². The summed E-state index contributed by atoms with van der Waals surface area (Å²) in [6, 6.07) is 7.26. The molecule has 0 saturated carbocycles. The first-order valence-electron chi connectivity index (χ1n) is 8.01. The number of carbonyl (C=O) groups is 1. The van der Waals surface area contributed by atoms with Crippen molar-refractivity contribution < 1.29 is 9.53 Å². The second kappa shape index (κ2) is 7.57. The van der Waals surface area contributed by atoms with Gasteiger partial charge in [-0.15, -0.1) is 0 Å². The number of rotatable bonds is 4. The van der Waals surface area contributed by atoms with Gasteiger partial charge in [-0.3, -0.25) is 4.79 Å². The monoisotopic (exact) mass is 361 g/mol. The van der Waals surface area contributed by atoms with E-state index in [0.29, 0.717) is 35.6 Å². The highest BCUT2D eigenvalue weighted by molar-refractivity contribution is 6.32. The zero-order valence-electron chi connectivity index (χ0n) is 14.2. The molecule has 8 heteroatoms. The van der Waals surface area contributed by atoms with Crippen LogP contribution in [0.25, 0.3) is 0 Å². The van der Waals surface area contributed by atoms with Crippen LogP contribution in [0.3, 0.4) is 0 Å². The standard InChI is InChI=1S/C17H20ClN5O2/c1-12(24)22-7-9-23(10-8-22)17-19-6-5-16(21-17)20-13-3-4-15(25-2)14(18)11-13/h3-6,11H,7-10H2,1-2H3,(H,19,20,21). The van der Waals surface area contributed by atoms with E-state index in [0.717, 1.165) is 18.8 Å². The van der Waals surface area contributed by atoms with E-state index in [1.54, 1.807) is 38.4 Å². The molecule has 1 amide bonds. The number of piperazine rings is 1. The van der Waals surface area contributed by atoms with Gasteiger partial charge in [0.15, 0.2) is 0 Å². The third-order valence-electron chi connectivity index (χ3n) is 4.07. The predicted molar refractivity (Wildman–Crippen MR) is 97.8 cm³/mol. The predicted octanol–water partition coefficient (Wildman–Crippen LogP) is 2.55. The first-order chi connectivity index (χ1) is 12.1. The van der Waals surface area contributed by atoms with E-state index in [2.05, 4.69) is 20.2 Å². The lowest BCUT2D eigenvalue weighted by atomic mass is 10.3. The molecule has 1 aliphatic heterocycles. The van der Waals surface area contributed by atoms with Crippen LogP contribution in [0.1, 0.15) is 6.92 Å². The quantitative estimate of drug-likeness (QED) is 0.902. The highest BCUT2D eigenvalue weighted by Gasteiger charge is 2.20. The van der Waals surface area contributed by atoms with Gasteiger partial charge in [-0.1, -0.05) is 11.6 Å². The summed E-state index contributed by atoms with van der Waals surface area (Å²) in [6.07, 6.45) is 1.72. The molecule has 0 aliphatic carbocycles. The van der Waals surface area contributed by atoms with E-state index in [1.807, 2.05) is 11.0 Å². The fourth-order valence-electron chi connectivity index (χ4n) is 2.68. The summed E-state index contributed by atoms with van der Waals surface area (Å²) < 4.78 is 5.15. The first-order valence-corrected chi connectivity index (χ1v) is 8.38. The lowest BCUT2D eigenvalue weighted by molar-refractivity contribution is -0.129. The molecule has 1 aromatic carbocycles. The van der Waals surface area contributed by atoms with E-state index in [-0.39, 0.29) is 5.91 Å². The van der Waals surface area contributed by atoms with Crippen LogP contribution < -0.4 is 15.0 Å². The van der Waals surface area contributed by atoms with Gasteiger partial charge < -0.3 is 19.9 Å². The Bertz CT molecular complexity index is 762. The first kappa shape index (κ1) is 17.3. The molecular formula is C17H20ClN5O2. The molecule has 0 spiro atoms. The zero-order chi connectivity index (χ0) is 17.8. The van der Waals surface area contributed by atoms with E-state index in [4.69, 9.17) is 16.3 Å². The Morgan fingerprint density at radius 3 is 2.64 bits per heavy atom. The van der Waals surface area contributed by atoms with Crippen molar-refractivity contribution in [3.8, 4) is 5.75 Å². The minimum atomic E-state index is 0.104. The van der Waals surface area contributed by atoms with Crippen molar-refractivity contribution in [2.24, 2.45) is 0 Å². The molecule has 1 fully saturated rings. The van der Waals surface area contributed by atoms with Gasteiger partial charge in [0.25, 0.3) is 0 Å². The normalized spacial score (nSPS) is 14.4. The highest BCUT2D eigenvalue weighted by Crippen LogP contribution is 2.28. The van der Waals surface area contributed by atoms with Crippen LogP contribution in [-0.2, 0) is 4.79 Å². The van der Waals surface area contributed by atoms with Crippen molar-refractivity contribution in [1.29, 1.82) is 0 Å². The Kier molecular flexibility index (Phi) is 5.23. The molecule has 0 radical (unpaired) electrons. The van der Waals surface area contributed by atoms with Gasteiger partial charge in [-0.2, -0.15) is 4.98 Å². The Morgan fingerprint density at radius 1 is 1.24 bits per heavy atom. The summed E-state index contributed by atoms with van der Waals surface area (Å²) in [5.41, 5.74) is 0.817. The fourth-order valence-corrected chi connectivity index (χ4v) is 2.94. The third-order valence-corrected chi connectivity index (χ3v) is 4.37. The molecule has 1 saturated heterocycles. The summed E-state index contributed by atoms with van der Waals surface area (Å²) in [7, 11) is 1.58. The van der Waals surface area contributed by atoms with Gasteiger partial charge in [0.05, 0.1) is 12.1 Å². The van der Waals surface area contributed by atoms with Crippen molar-refractivity contribution in [3.63, 3.8) is 0 Å². The van der Waals surface area contributed by atoms with Gasteiger partial charge in [0, 0.05) is 45.0 Å². The van der Waals surface area contributed by atoms with E-state index in [1.165, 1.54) is 0 Å². The minimum Gasteiger partial charge on any atom is -0.495 e. The van der Waals surface area contributed by atoms with Gasteiger partial charge >= 0.3 is 0 Å². The molecule has 7 nitrogen and oxygen atoms in total. The number of anilines is 3. The van der Waals surface area contributed by atoms with Gasteiger partial charge in [0.2, 0.25) is 11.9 Å². The molecule has 1 N–H and O–H groups in total. The van der Waals surface area contributed by atoms with E-state index >= 15 is 0 Å². The lowest BCUT2D eigenvalue weighted by Gasteiger charge is -2.34. The van der Waals surface area contributed by atoms with Gasteiger partial charge in [0.1, 0.15) is 11.6 Å². The highest BCUT2D eigenvalue weighted by atomic mass is 35.5. The maximum absolute atomic E-state index is 11.4. The maximum atomic E-state index is 11.4. The third kappa shape index (κ3) is 4.11. The summed E-state index contributed by atoms with van der Waals surface area (Å²) in [4.78, 5) is 24.2. The van der Waals surface area contributed by atoms with Crippen LogP contribution in [0.4, 0.5) is 17.5 Å². The number of ether oxygens (including phenoxy) is 1. The number of nitrogens with zero attached hydrogens (tertiary/aromatic N) is 4. The Labute approximate surface area is 151 Å². The van der Waals surface area contributed by atoms with Crippen molar-refractivity contribution in [2.45, 2.75) is 6.92 Å². The van der Waals surface area contributed by atoms with Crippen molar-refractivity contribution in [2.75, 3.05) is 43.5 Å². The van der Waals surface area contributed by atoms with Gasteiger partial charge in [-0.25, -0.2) is 4.98 Å². The Morgan fingerprint density at radius 2 is 2.00 bits per heavy atom. The number of benzene rings is 1. The second-order valence-corrected chi connectivity index (χ2v) is 6.12. The number of aromatic nitrogens is 2. The smallest absolute Gasteiger partial charge is 0.227 e. The number of hydrogen-bond donors (Lipinski definition) is 1. The molecule has 1 aromatic heterocycles. The van der Waals surface area contributed by atoms with Crippen molar-refractivity contribution in [3.05, 3.63) is 35.5 Å². The Balaban J connectivity index is 1.70. The maximum Gasteiger partial charge on any atom is 0.227 e. The number of amides is 1. The number of halogens is 1. The number of hydrogen-bond acceptors (Lipinski definition) is 6. The molecule has 25 heavy (non-hydrogen) atoms. The summed E-state index contributed by atoms with van der Waals surface area (Å²) in [6.45, 7) is 4.40. The van der Waals surface area contributed by atoms with Gasteiger partial charge in [-0.05, 0) is 24.3 Å². The summed E-state index contributed by atoms with van der Waals surface area (Å²) in [5.74, 6) is 2.05. The molecule has 2 aromatic rings. The van der Waals surface area contributed by atoms with Crippen molar-refractivity contribution >= 4 is 35.0 Å². The second-order valence-electron chi connectivity index (χ2n) is 5.71. The molecule has 3 rings (SSSR count). The molecule has 0 atom stereocenters. The van der Waals surface area contributed by atoms with Crippen LogP contribution in [-0.4, -0.2) is 54.1 Å². The molecule has 0 unspecified atom stereocenters. The molecular weight excluding hydrogens is 342 g/mol. The Hall–Kier alpha value is -2.54. The fraction of sp³-hybridized carbons (Fsp3) is 0.353. The van der Waals surface area contributed by atoms with Crippen LogP contribution in [0, 0.1) is 0 Å². The number of nitrogens with one attached hydrogen (secondary N) is 1. The minimum absolute atomic E-state index is 0.104. The number of carbonyl (C=O) groups excluding carboxylic acids is 1. The average Bonchev–Trinajstić information content (AvgIpc) is 2.62. The molecule has 0 bridgehead atoms. The summed E-state index contributed by atoms with van der Waals surface area (Å²) >= 11 is 6.15. The lowest BCUT2D eigenvalue weighted by Crippen LogP contribution is -2.48. The zero-order valence-corrected chi connectivity index (χ0v) is 15.0. The summed E-state index contributed by atoms with van der Waals surface area (Å²) in [5, 5.41) is 3.75. The SMILES string of the molecule is COc1ccc(Nc2ccnc(N3CCN(C(C)=O)CC3)n2)cc1Cl. The van der Waals surface area contributed by atoms with Crippen LogP contribution >= 0.6 is 11.6 Å². The average molecular weight is 362 g/mol. The van der Waals surface area contributed by atoms with Crippen LogP contribution in [0.15, 0.2) is 30.5 Å². The molecule has 1 aliphatic rings. The van der Waals surface area contributed by atoms with Crippen LogP contribution in [0.5, 0.6) is 5.75 Å².